The number of ether oxygens (including phenoxy) is 4. The first-order chi connectivity index (χ1) is 15.5. The number of carbonyl (C=O) groups excluding carboxylic acids is 2. The number of fused-ring (bicyclic) bond motifs is 1. The van der Waals surface area contributed by atoms with Crippen molar-refractivity contribution in [2.75, 3.05) is 20.8 Å². The monoisotopic (exact) mass is 436 g/mol. The minimum atomic E-state index is -0.578. The first-order valence-corrected chi connectivity index (χ1v) is 11.3. The second-order valence-electron chi connectivity index (χ2n) is 9.00. The number of aryl methyl sites for hydroxylation is 1. The molecule has 0 atom stereocenters. The van der Waals surface area contributed by atoms with Gasteiger partial charge in [0.2, 0.25) is 5.75 Å². The van der Waals surface area contributed by atoms with Gasteiger partial charge in [-0.1, -0.05) is 18.2 Å². The van der Waals surface area contributed by atoms with Gasteiger partial charge in [-0.2, -0.15) is 0 Å². The van der Waals surface area contributed by atoms with Crippen LogP contribution in [0.3, 0.4) is 0 Å². The minimum Gasteiger partial charge on any atom is -0.493 e. The molecule has 3 aliphatic rings. The molecule has 32 heavy (non-hydrogen) atoms. The molecule has 168 valence electrons. The van der Waals surface area contributed by atoms with Crippen LogP contribution < -0.4 is 14.2 Å². The van der Waals surface area contributed by atoms with Crippen LogP contribution in [-0.2, 0) is 16.0 Å². The fourth-order valence-corrected chi connectivity index (χ4v) is 4.43. The predicted molar refractivity (Wildman–Crippen MR) is 119 cm³/mol. The van der Waals surface area contributed by atoms with Crippen molar-refractivity contribution in [2.24, 2.45) is 5.41 Å². The van der Waals surface area contributed by atoms with Gasteiger partial charge in [-0.25, -0.2) is 0 Å². The van der Waals surface area contributed by atoms with Crippen LogP contribution in [0.25, 0.3) is 11.1 Å². The summed E-state index contributed by atoms with van der Waals surface area (Å²) < 4.78 is 23.1. The van der Waals surface area contributed by atoms with Crippen molar-refractivity contribution in [2.45, 2.75) is 51.0 Å². The maximum absolute atomic E-state index is 12.8. The number of rotatable bonds is 8. The maximum Gasteiger partial charge on any atom is 0.315 e. The Kier molecular flexibility index (Phi) is 5.31. The third-order valence-corrected chi connectivity index (χ3v) is 6.94. The number of carbonyl (C=O) groups is 2. The number of benzene rings is 2. The number of hydrogen-bond donors (Lipinski definition) is 0. The zero-order valence-electron chi connectivity index (χ0n) is 18.6. The Bertz CT molecular complexity index is 1060. The van der Waals surface area contributed by atoms with E-state index in [9.17, 15) is 9.59 Å². The van der Waals surface area contributed by atoms with Crippen LogP contribution in [0.1, 0.15) is 54.4 Å². The zero-order chi connectivity index (χ0) is 22.3. The Morgan fingerprint density at radius 2 is 1.78 bits per heavy atom. The Hall–Kier alpha value is -3.02. The van der Waals surface area contributed by atoms with Gasteiger partial charge in [-0.15, -0.1) is 0 Å². The molecular weight excluding hydrogens is 408 g/mol. The van der Waals surface area contributed by atoms with Crippen LogP contribution in [0.4, 0.5) is 0 Å². The smallest absolute Gasteiger partial charge is 0.315 e. The molecule has 0 amide bonds. The summed E-state index contributed by atoms with van der Waals surface area (Å²) in [6.45, 7) is 0.235. The third-order valence-electron chi connectivity index (χ3n) is 6.94. The molecule has 2 fully saturated rings. The van der Waals surface area contributed by atoms with Crippen molar-refractivity contribution in [1.29, 1.82) is 0 Å². The summed E-state index contributed by atoms with van der Waals surface area (Å²) >= 11 is 0. The largest absolute Gasteiger partial charge is 0.493 e. The van der Waals surface area contributed by atoms with Crippen LogP contribution in [-0.4, -0.2) is 38.7 Å². The van der Waals surface area contributed by atoms with Crippen LogP contribution in [0.2, 0.25) is 0 Å². The average molecular weight is 437 g/mol. The molecule has 6 nitrogen and oxygen atoms in total. The number of hydrogen-bond acceptors (Lipinski definition) is 6. The van der Waals surface area contributed by atoms with E-state index in [4.69, 9.17) is 18.9 Å². The summed E-state index contributed by atoms with van der Waals surface area (Å²) in [6, 6.07) is 9.65. The lowest BCUT2D eigenvalue weighted by Crippen LogP contribution is -2.32. The Morgan fingerprint density at radius 3 is 2.44 bits per heavy atom. The van der Waals surface area contributed by atoms with Gasteiger partial charge in [-0.05, 0) is 61.8 Å². The number of Topliss-reactive ketones (excluding diaryl/α,β-unsaturated/α-hetero) is 1. The minimum absolute atomic E-state index is 0.0658. The molecule has 0 aromatic heterocycles. The Morgan fingerprint density at radius 1 is 1.00 bits per heavy atom. The van der Waals surface area contributed by atoms with Gasteiger partial charge >= 0.3 is 5.97 Å². The highest BCUT2D eigenvalue weighted by Gasteiger charge is 2.53. The molecule has 0 unspecified atom stereocenters. The van der Waals surface area contributed by atoms with E-state index in [0.717, 1.165) is 60.8 Å². The summed E-state index contributed by atoms with van der Waals surface area (Å²) in [5.41, 5.74) is 3.05. The standard InChI is InChI=1S/C26H28O6/c1-29-22-11-9-20(17-6-8-19-16(14-17)7-10-21(19)27)23(24(22)30-2)31-15-26(12-13-26)25(28)32-18-4-3-5-18/h6,8-9,11,14,18H,3-5,7,10,12-13,15H2,1-2H3. The summed E-state index contributed by atoms with van der Waals surface area (Å²) in [6.07, 6.45) is 5.94. The Labute approximate surface area is 187 Å². The molecule has 0 heterocycles. The van der Waals surface area contributed by atoms with Crippen molar-refractivity contribution in [3.05, 3.63) is 41.5 Å². The molecule has 5 rings (SSSR count). The number of methoxy groups -OCH3 is 2. The normalized spacial score (nSPS) is 18.5. The van der Waals surface area contributed by atoms with E-state index in [0.29, 0.717) is 23.7 Å². The first kappa shape index (κ1) is 20.9. The molecule has 2 aromatic rings. The second kappa shape index (κ2) is 8.15. The predicted octanol–water partition coefficient (Wildman–Crippen LogP) is 4.75. The van der Waals surface area contributed by atoms with Gasteiger partial charge in [0, 0.05) is 17.5 Å². The molecule has 0 saturated heterocycles. The fraction of sp³-hybridized carbons (Fsp3) is 0.462. The zero-order valence-corrected chi connectivity index (χ0v) is 18.6. The fourth-order valence-electron chi connectivity index (χ4n) is 4.43. The first-order valence-electron chi connectivity index (χ1n) is 11.3. The van der Waals surface area contributed by atoms with Crippen LogP contribution in [0.5, 0.6) is 17.2 Å². The highest BCUT2D eigenvalue weighted by Crippen LogP contribution is 2.51. The molecule has 0 radical (unpaired) electrons. The molecular formula is C26H28O6. The quantitative estimate of drug-likeness (QED) is 0.556. The Balaban J connectivity index is 1.45. The molecule has 0 N–H and O–H groups in total. The lowest BCUT2D eigenvalue weighted by Gasteiger charge is -2.27. The van der Waals surface area contributed by atoms with Gasteiger partial charge in [0.15, 0.2) is 17.3 Å². The molecule has 3 aliphatic carbocycles. The number of esters is 1. The highest BCUT2D eigenvalue weighted by atomic mass is 16.6. The molecule has 6 heteroatoms. The topological polar surface area (TPSA) is 71.1 Å². The van der Waals surface area contributed by atoms with Crippen molar-refractivity contribution in [3.8, 4) is 28.4 Å². The number of ketones is 1. The molecule has 0 aliphatic heterocycles. The summed E-state index contributed by atoms with van der Waals surface area (Å²) in [5, 5.41) is 0. The van der Waals surface area contributed by atoms with E-state index < -0.39 is 5.41 Å². The average Bonchev–Trinajstić information content (AvgIpc) is 3.50. The van der Waals surface area contributed by atoms with Crippen molar-refractivity contribution in [1.82, 2.24) is 0 Å². The van der Waals surface area contributed by atoms with E-state index in [1.54, 1.807) is 14.2 Å². The van der Waals surface area contributed by atoms with Crippen molar-refractivity contribution < 1.29 is 28.5 Å². The SMILES string of the molecule is COc1ccc(-c2ccc3c(c2)CCC3=O)c(OCC2(C(=O)OC3CCC3)CC2)c1OC. The van der Waals surface area contributed by atoms with E-state index in [2.05, 4.69) is 0 Å². The van der Waals surface area contributed by atoms with Crippen LogP contribution in [0, 0.1) is 5.41 Å². The van der Waals surface area contributed by atoms with Crippen LogP contribution >= 0.6 is 0 Å². The third kappa shape index (κ3) is 3.61. The van der Waals surface area contributed by atoms with Crippen molar-refractivity contribution in [3.63, 3.8) is 0 Å². The molecule has 0 bridgehead atoms. The van der Waals surface area contributed by atoms with Crippen LogP contribution in [0.15, 0.2) is 30.3 Å². The maximum atomic E-state index is 12.8. The van der Waals surface area contributed by atoms with Gasteiger partial charge in [-0.3, -0.25) is 9.59 Å². The molecule has 2 saturated carbocycles. The summed E-state index contributed by atoms with van der Waals surface area (Å²) in [5.74, 6) is 1.63. The van der Waals surface area contributed by atoms with Crippen molar-refractivity contribution >= 4 is 11.8 Å². The van der Waals surface area contributed by atoms with E-state index in [-0.39, 0.29) is 24.5 Å². The lowest BCUT2D eigenvalue weighted by atomic mass is 9.96. The van der Waals surface area contributed by atoms with E-state index in [1.165, 1.54) is 0 Å². The van der Waals surface area contributed by atoms with E-state index >= 15 is 0 Å². The molecule has 2 aromatic carbocycles. The highest BCUT2D eigenvalue weighted by molar-refractivity contribution is 6.01. The summed E-state index contributed by atoms with van der Waals surface area (Å²) in [7, 11) is 3.16. The summed E-state index contributed by atoms with van der Waals surface area (Å²) in [4.78, 5) is 24.8. The van der Waals surface area contributed by atoms with Gasteiger partial charge in [0.25, 0.3) is 0 Å². The second-order valence-corrected chi connectivity index (χ2v) is 9.00. The van der Waals surface area contributed by atoms with Gasteiger partial charge < -0.3 is 18.9 Å². The molecule has 0 spiro atoms. The van der Waals surface area contributed by atoms with Gasteiger partial charge in [0.1, 0.15) is 18.1 Å². The van der Waals surface area contributed by atoms with E-state index in [1.807, 2.05) is 30.3 Å². The van der Waals surface area contributed by atoms with Gasteiger partial charge in [0.05, 0.1) is 14.2 Å². The lowest BCUT2D eigenvalue weighted by molar-refractivity contribution is -0.161.